The Kier molecular flexibility index (Phi) is 5.26. The molecule has 2 aliphatic heterocycles. The van der Waals surface area contributed by atoms with Crippen LogP contribution in [0.25, 0.3) is 0 Å². The molecule has 0 unspecified atom stereocenters. The van der Waals surface area contributed by atoms with E-state index in [9.17, 15) is 9.59 Å². The predicted molar refractivity (Wildman–Crippen MR) is 99.7 cm³/mol. The number of hydrogen-bond donors (Lipinski definition) is 0. The van der Waals surface area contributed by atoms with Gasteiger partial charge in [-0.25, -0.2) is 19.6 Å². The molecule has 1 spiro atoms. The number of amides is 1. The van der Waals surface area contributed by atoms with E-state index >= 15 is 0 Å². The lowest BCUT2D eigenvalue weighted by Crippen LogP contribution is -2.54. The highest BCUT2D eigenvalue weighted by molar-refractivity contribution is 5.88. The van der Waals surface area contributed by atoms with Crippen molar-refractivity contribution in [1.82, 2.24) is 14.9 Å². The molecule has 8 heteroatoms. The summed E-state index contributed by atoms with van der Waals surface area (Å²) < 4.78 is 10.2. The van der Waals surface area contributed by atoms with Crippen LogP contribution in [0, 0.1) is 0 Å². The first-order chi connectivity index (χ1) is 12.7. The van der Waals surface area contributed by atoms with Gasteiger partial charge in [-0.05, 0) is 46.5 Å². The fraction of sp³-hybridized carbons (Fsp3) is 0.684. The second kappa shape index (κ2) is 7.32. The highest BCUT2D eigenvalue weighted by Gasteiger charge is 2.45. The fourth-order valence-electron chi connectivity index (χ4n) is 3.89. The summed E-state index contributed by atoms with van der Waals surface area (Å²) in [6.45, 7) is 7.83. The number of likely N-dealkylation sites (tertiary alicyclic amines) is 1. The largest absolute Gasteiger partial charge is 0.465 e. The first kappa shape index (κ1) is 19.4. The molecule has 0 aliphatic carbocycles. The maximum absolute atomic E-state index is 12.3. The van der Waals surface area contributed by atoms with Crippen molar-refractivity contribution in [2.75, 3.05) is 31.6 Å². The molecular weight excluding hydrogens is 348 g/mol. The lowest BCUT2D eigenvalue weighted by molar-refractivity contribution is 0.0169. The molecule has 1 aromatic rings. The van der Waals surface area contributed by atoms with Crippen LogP contribution in [0.1, 0.15) is 56.8 Å². The van der Waals surface area contributed by atoms with Crippen molar-refractivity contribution in [3.8, 4) is 0 Å². The van der Waals surface area contributed by atoms with E-state index in [0.29, 0.717) is 24.6 Å². The average molecular weight is 376 g/mol. The fourth-order valence-corrected chi connectivity index (χ4v) is 3.89. The Morgan fingerprint density at radius 2 is 1.70 bits per heavy atom. The summed E-state index contributed by atoms with van der Waals surface area (Å²) in [6, 6.07) is 0. The Hall–Kier alpha value is -2.38. The van der Waals surface area contributed by atoms with Gasteiger partial charge in [0.15, 0.2) is 0 Å². The smallest absolute Gasteiger partial charge is 0.410 e. The second-order valence-electron chi connectivity index (χ2n) is 8.21. The zero-order chi connectivity index (χ0) is 19.7. The van der Waals surface area contributed by atoms with Crippen molar-refractivity contribution in [2.24, 2.45) is 0 Å². The van der Waals surface area contributed by atoms with E-state index in [2.05, 4.69) is 14.9 Å². The zero-order valence-corrected chi connectivity index (χ0v) is 16.5. The number of ether oxygens (including phenoxy) is 2. The molecule has 1 amide bonds. The Balaban J connectivity index is 1.68. The van der Waals surface area contributed by atoms with Gasteiger partial charge in [-0.15, -0.1) is 0 Å². The van der Waals surface area contributed by atoms with Crippen LogP contribution < -0.4 is 4.90 Å². The molecule has 2 aliphatic rings. The van der Waals surface area contributed by atoms with Gasteiger partial charge >= 0.3 is 12.1 Å². The minimum atomic E-state index is -0.485. The van der Waals surface area contributed by atoms with Crippen LogP contribution in [0.2, 0.25) is 0 Å². The molecule has 3 heterocycles. The van der Waals surface area contributed by atoms with Crippen molar-refractivity contribution in [3.63, 3.8) is 0 Å². The first-order valence-electron chi connectivity index (χ1n) is 9.40. The zero-order valence-electron chi connectivity index (χ0n) is 16.5. The van der Waals surface area contributed by atoms with E-state index in [4.69, 9.17) is 9.47 Å². The van der Waals surface area contributed by atoms with Crippen LogP contribution in [0.15, 0.2) is 12.4 Å². The maximum atomic E-state index is 12.3. The summed E-state index contributed by atoms with van der Waals surface area (Å²) in [4.78, 5) is 36.7. The monoisotopic (exact) mass is 376 g/mol. The summed E-state index contributed by atoms with van der Waals surface area (Å²) in [6.07, 6.45) is 6.60. The summed E-state index contributed by atoms with van der Waals surface area (Å²) >= 11 is 0. The van der Waals surface area contributed by atoms with Crippen LogP contribution in [0.4, 0.5) is 10.7 Å². The maximum Gasteiger partial charge on any atom is 0.410 e. The molecule has 0 saturated carbocycles. The van der Waals surface area contributed by atoms with Crippen LogP contribution in [0.5, 0.6) is 0 Å². The van der Waals surface area contributed by atoms with Gasteiger partial charge in [0.05, 0.1) is 12.7 Å². The Bertz CT molecular complexity index is 691. The molecule has 1 aromatic heterocycles. The predicted octanol–water partition coefficient (Wildman–Crippen LogP) is 2.63. The summed E-state index contributed by atoms with van der Waals surface area (Å²) in [5.41, 5.74) is -0.180. The Morgan fingerprint density at radius 1 is 1.07 bits per heavy atom. The van der Waals surface area contributed by atoms with Crippen LogP contribution in [0.3, 0.4) is 0 Å². The number of nitrogens with zero attached hydrogens (tertiary/aromatic N) is 4. The van der Waals surface area contributed by atoms with E-state index in [1.807, 2.05) is 20.8 Å². The van der Waals surface area contributed by atoms with Gasteiger partial charge in [-0.1, -0.05) is 0 Å². The topological polar surface area (TPSA) is 84.9 Å². The molecule has 0 N–H and O–H groups in total. The van der Waals surface area contributed by atoms with Gasteiger partial charge in [-0.3, -0.25) is 0 Å². The lowest BCUT2D eigenvalue weighted by atomic mass is 9.85. The average Bonchev–Trinajstić information content (AvgIpc) is 3.03. The van der Waals surface area contributed by atoms with Gasteiger partial charge in [0, 0.05) is 37.6 Å². The molecule has 2 fully saturated rings. The van der Waals surface area contributed by atoms with E-state index in [-0.39, 0.29) is 11.6 Å². The van der Waals surface area contributed by atoms with Gasteiger partial charge in [0.1, 0.15) is 5.60 Å². The quantitative estimate of drug-likeness (QED) is 0.734. The Labute approximate surface area is 159 Å². The number of carbonyl (C=O) groups excluding carboxylic acids is 2. The van der Waals surface area contributed by atoms with Gasteiger partial charge in [0.2, 0.25) is 5.95 Å². The number of anilines is 1. The molecule has 8 nitrogen and oxygen atoms in total. The molecule has 27 heavy (non-hydrogen) atoms. The SMILES string of the molecule is COC(=O)c1cnc(N2CCCC23CCN(C(=O)OC(C)(C)C)CC3)nc1. The molecule has 2 saturated heterocycles. The second-order valence-corrected chi connectivity index (χ2v) is 8.21. The van der Waals surface area contributed by atoms with Crippen molar-refractivity contribution in [1.29, 1.82) is 0 Å². The first-order valence-corrected chi connectivity index (χ1v) is 9.40. The van der Waals surface area contributed by atoms with Crippen molar-refractivity contribution >= 4 is 18.0 Å². The highest BCUT2D eigenvalue weighted by atomic mass is 16.6. The number of rotatable bonds is 2. The van der Waals surface area contributed by atoms with Crippen LogP contribution in [-0.4, -0.2) is 64.8 Å². The van der Waals surface area contributed by atoms with E-state index in [1.54, 1.807) is 4.90 Å². The summed E-state index contributed by atoms with van der Waals surface area (Å²) in [5.74, 6) is 0.189. The molecule has 0 radical (unpaired) electrons. The third kappa shape index (κ3) is 4.14. The lowest BCUT2D eigenvalue weighted by Gasteiger charge is -2.45. The molecule has 0 atom stereocenters. The van der Waals surface area contributed by atoms with Crippen LogP contribution >= 0.6 is 0 Å². The minimum absolute atomic E-state index is 0.0364. The molecular formula is C19H28N4O4. The third-order valence-electron chi connectivity index (χ3n) is 5.24. The van der Waals surface area contributed by atoms with Crippen LogP contribution in [-0.2, 0) is 9.47 Å². The number of carbonyl (C=O) groups is 2. The molecule has 0 aromatic carbocycles. The minimum Gasteiger partial charge on any atom is -0.465 e. The normalized spacial score (nSPS) is 19.3. The molecule has 3 rings (SSSR count). The van der Waals surface area contributed by atoms with Crippen molar-refractivity contribution < 1.29 is 19.1 Å². The van der Waals surface area contributed by atoms with Gasteiger partial charge in [-0.2, -0.15) is 0 Å². The number of methoxy groups -OCH3 is 1. The number of hydrogen-bond acceptors (Lipinski definition) is 7. The summed E-state index contributed by atoms with van der Waals surface area (Å²) in [7, 11) is 1.34. The van der Waals surface area contributed by atoms with Crippen molar-refractivity contribution in [2.45, 2.75) is 57.6 Å². The van der Waals surface area contributed by atoms with E-state index in [0.717, 1.165) is 32.2 Å². The highest BCUT2D eigenvalue weighted by Crippen LogP contribution is 2.40. The standard InChI is InChI=1S/C19H28N4O4/c1-18(2,3)27-17(25)22-10-7-19(8-11-22)6-5-9-23(19)16-20-12-14(13-21-16)15(24)26-4/h12-13H,5-11H2,1-4H3. The number of esters is 1. The molecule has 0 bridgehead atoms. The van der Waals surface area contributed by atoms with E-state index in [1.165, 1.54) is 19.5 Å². The van der Waals surface area contributed by atoms with Gasteiger partial charge in [0.25, 0.3) is 0 Å². The van der Waals surface area contributed by atoms with E-state index < -0.39 is 11.6 Å². The Morgan fingerprint density at radius 3 is 2.26 bits per heavy atom. The number of aromatic nitrogens is 2. The third-order valence-corrected chi connectivity index (χ3v) is 5.24. The van der Waals surface area contributed by atoms with Gasteiger partial charge < -0.3 is 19.3 Å². The number of piperidine rings is 1. The molecule has 148 valence electrons. The van der Waals surface area contributed by atoms with Crippen molar-refractivity contribution in [3.05, 3.63) is 18.0 Å². The summed E-state index contributed by atoms with van der Waals surface area (Å²) in [5, 5.41) is 0.